The fourth-order valence-corrected chi connectivity index (χ4v) is 3.75. The number of rotatable bonds is 5. The summed E-state index contributed by atoms with van der Waals surface area (Å²) < 4.78 is 0. The van der Waals surface area contributed by atoms with Crippen LogP contribution in [0.25, 0.3) is 0 Å². The molecule has 1 heterocycles. The molecule has 122 valence electrons. The largest absolute Gasteiger partial charge is 0.324 e. The van der Waals surface area contributed by atoms with Gasteiger partial charge in [-0.2, -0.15) is 0 Å². The van der Waals surface area contributed by atoms with Crippen LogP contribution in [0.4, 0.5) is 10.5 Å². The summed E-state index contributed by atoms with van der Waals surface area (Å²) in [7, 11) is 2.12. The monoisotopic (exact) mass is 341 g/mol. The Labute approximate surface area is 142 Å². The van der Waals surface area contributed by atoms with Crippen molar-refractivity contribution in [3.05, 3.63) is 23.2 Å². The summed E-state index contributed by atoms with van der Waals surface area (Å²) in [4.78, 5) is 17.6. The first-order valence-corrected chi connectivity index (χ1v) is 9.22. The smallest absolute Gasteiger partial charge is 0.321 e. The molecule has 2 amide bonds. The number of anilines is 1. The highest BCUT2D eigenvalue weighted by Crippen LogP contribution is 2.33. The van der Waals surface area contributed by atoms with Gasteiger partial charge >= 0.3 is 6.03 Å². The van der Waals surface area contributed by atoms with Gasteiger partial charge in [-0.15, -0.1) is 11.8 Å². The topological polar surface area (TPSA) is 35.6 Å². The Bertz CT molecular complexity index is 526. The average molecular weight is 342 g/mol. The number of carbonyl (C=O) groups excluding carboxylic acids is 1. The number of nitrogens with zero attached hydrogens (tertiary/aromatic N) is 2. The number of hydrogen-bond donors (Lipinski definition) is 1. The van der Waals surface area contributed by atoms with Crippen LogP contribution in [0, 0.1) is 5.92 Å². The second kappa shape index (κ2) is 8.09. The van der Waals surface area contributed by atoms with E-state index in [1.54, 1.807) is 11.8 Å². The van der Waals surface area contributed by atoms with E-state index < -0.39 is 0 Å². The molecule has 0 aliphatic carbocycles. The number of hydrogen-bond acceptors (Lipinski definition) is 3. The summed E-state index contributed by atoms with van der Waals surface area (Å²) in [6, 6.07) is 5.57. The number of thioether (sulfide) groups is 1. The second-order valence-corrected chi connectivity index (χ2v) is 6.93. The fraction of sp³-hybridized carbons (Fsp3) is 0.562. The molecule has 1 N–H and O–H groups in total. The van der Waals surface area contributed by atoms with Gasteiger partial charge in [0.1, 0.15) is 0 Å². The summed E-state index contributed by atoms with van der Waals surface area (Å²) in [5.74, 6) is 0.565. The summed E-state index contributed by atoms with van der Waals surface area (Å²) in [6.45, 7) is 5.90. The van der Waals surface area contributed by atoms with Gasteiger partial charge in [-0.1, -0.05) is 24.6 Å². The molecular formula is C16H24ClN3OS. The number of nitrogens with one attached hydrogen (secondary N) is 1. The van der Waals surface area contributed by atoms with Gasteiger partial charge in [0.2, 0.25) is 0 Å². The van der Waals surface area contributed by atoms with Crippen molar-refractivity contribution in [2.75, 3.05) is 44.8 Å². The Morgan fingerprint density at radius 3 is 3.00 bits per heavy atom. The van der Waals surface area contributed by atoms with E-state index in [2.05, 4.69) is 24.2 Å². The highest BCUT2D eigenvalue weighted by atomic mass is 35.5. The van der Waals surface area contributed by atoms with Crippen LogP contribution in [0.2, 0.25) is 5.02 Å². The van der Waals surface area contributed by atoms with Crippen molar-refractivity contribution in [1.29, 1.82) is 0 Å². The van der Waals surface area contributed by atoms with E-state index >= 15 is 0 Å². The van der Waals surface area contributed by atoms with E-state index in [9.17, 15) is 4.79 Å². The summed E-state index contributed by atoms with van der Waals surface area (Å²) in [6.07, 6.45) is 3.03. The van der Waals surface area contributed by atoms with Gasteiger partial charge in [0.05, 0.1) is 10.7 Å². The molecule has 0 saturated carbocycles. The molecule has 1 fully saturated rings. The highest BCUT2D eigenvalue weighted by molar-refractivity contribution is 7.98. The number of amides is 2. The molecule has 0 spiro atoms. The number of likely N-dealkylation sites (tertiary alicyclic amines) is 1. The molecule has 0 unspecified atom stereocenters. The van der Waals surface area contributed by atoms with Crippen molar-refractivity contribution in [2.24, 2.45) is 5.92 Å². The first kappa shape index (κ1) is 17.4. The predicted octanol–water partition coefficient (Wildman–Crippen LogP) is 3.87. The van der Waals surface area contributed by atoms with Crippen molar-refractivity contribution < 1.29 is 4.79 Å². The molecule has 4 nitrogen and oxygen atoms in total. The van der Waals surface area contributed by atoms with Crippen molar-refractivity contribution >= 4 is 35.1 Å². The van der Waals surface area contributed by atoms with Gasteiger partial charge in [0, 0.05) is 24.5 Å². The maximum absolute atomic E-state index is 12.4. The normalized spacial score (nSPS) is 18.0. The van der Waals surface area contributed by atoms with Crippen molar-refractivity contribution in [3.8, 4) is 0 Å². The van der Waals surface area contributed by atoms with E-state index in [0.717, 1.165) is 43.2 Å². The summed E-state index contributed by atoms with van der Waals surface area (Å²) in [5.41, 5.74) is 0.791. The standard InChI is InChI=1S/C16H24ClN3OS/c1-4-19(2)10-12-8-9-20(11-12)16(21)18-14-7-5-6-13(17)15(14)22-3/h5-7,12H,4,8-11H2,1-3H3,(H,18,21)/t12-/m1/s1. The van der Waals surface area contributed by atoms with Gasteiger partial charge < -0.3 is 15.1 Å². The van der Waals surface area contributed by atoms with Crippen molar-refractivity contribution in [2.45, 2.75) is 18.2 Å². The third kappa shape index (κ3) is 4.31. The first-order valence-electron chi connectivity index (χ1n) is 7.62. The Hall–Kier alpha value is -0.910. The van der Waals surface area contributed by atoms with Gasteiger partial charge in [-0.3, -0.25) is 0 Å². The van der Waals surface area contributed by atoms with Gasteiger partial charge in [-0.25, -0.2) is 4.79 Å². The minimum atomic E-state index is -0.0285. The van der Waals surface area contributed by atoms with E-state index in [-0.39, 0.29) is 6.03 Å². The van der Waals surface area contributed by atoms with Crippen LogP contribution in [0.5, 0.6) is 0 Å². The number of urea groups is 1. The lowest BCUT2D eigenvalue weighted by Gasteiger charge is -2.21. The fourth-order valence-electron chi connectivity index (χ4n) is 2.75. The lowest BCUT2D eigenvalue weighted by molar-refractivity contribution is 0.218. The van der Waals surface area contributed by atoms with E-state index in [1.165, 1.54) is 0 Å². The maximum atomic E-state index is 12.4. The van der Waals surface area contributed by atoms with Gasteiger partial charge in [0.15, 0.2) is 0 Å². The van der Waals surface area contributed by atoms with Crippen molar-refractivity contribution in [3.63, 3.8) is 0 Å². The molecule has 1 aromatic rings. The molecule has 1 aliphatic rings. The first-order chi connectivity index (χ1) is 10.5. The van der Waals surface area contributed by atoms with E-state index in [0.29, 0.717) is 10.9 Å². The second-order valence-electron chi connectivity index (χ2n) is 5.71. The third-order valence-corrected chi connectivity index (χ3v) is 5.37. The summed E-state index contributed by atoms with van der Waals surface area (Å²) in [5, 5.41) is 3.68. The number of benzene rings is 1. The zero-order valence-corrected chi connectivity index (χ0v) is 15.0. The third-order valence-electron chi connectivity index (χ3n) is 4.10. The molecule has 6 heteroatoms. The molecule has 1 atom stereocenters. The van der Waals surface area contributed by atoms with Crippen LogP contribution in [0.1, 0.15) is 13.3 Å². The molecule has 1 aromatic carbocycles. The van der Waals surface area contributed by atoms with Crippen LogP contribution in [-0.2, 0) is 0 Å². The molecule has 22 heavy (non-hydrogen) atoms. The van der Waals surface area contributed by atoms with Crippen LogP contribution >= 0.6 is 23.4 Å². The maximum Gasteiger partial charge on any atom is 0.321 e. The predicted molar refractivity (Wildman–Crippen MR) is 95.1 cm³/mol. The quantitative estimate of drug-likeness (QED) is 0.826. The highest BCUT2D eigenvalue weighted by Gasteiger charge is 2.27. The molecule has 2 rings (SSSR count). The molecule has 1 aliphatic heterocycles. The number of carbonyl (C=O) groups is 1. The van der Waals surface area contributed by atoms with Crippen LogP contribution in [0.3, 0.4) is 0 Å². The van der Waals surface area contributed by atoms with Crippen LogP contribution < -0.4 is 5.32 Å². The Morgan fingerprint density at radius 2 is 2.32 bits per heavy atom. The molecule has 1 saturated heterocycles. The Balaban J connectivity index is 1.95. The van der Waals surface area contributed by atoms with Crippen LogP contribution in [0.15, 0.2) is 23.1 Å². The lowest BCUT2D eigenvalue weighted by Crippen LogP contribution is -2.34. The average Bonchev–Trinajstić information content (AvgIpc) is 2.96. The zero-order chi connectivity index (χ0) is 16.1. The van der Waals surface area contributed by atoms with E-state index in [4.69, 9.17) is 11.6 Å². The van der Waals surface area contributed by atoms with Gasteiger partial charge in [-0.05, 0) is 44.3 Å². The van der Waals surface area contributed by atoms with Gasteiger partial charge in [0.25, 0.3) is 0 Å². The zero-order valence-electron chi connectivity index (χ0n) is 13.4. The van der Waals surface area contributed by atoms with Crippen molar-refractivity contribution in [1.82, 2.24) is 9.80 Å². The number of halogens is 1. The molecular weight excluding hydrogens is 318 g/mol. The van der Waals surface area contributed by atoms with E-state index in [1.807, 2.05) is 29.4 Å². The molecule has 0 aromatic heterocycles. The Morgan fingerprint density at radius 1 is 1.55 bits per heavy atom. The minimum absolute atomic E-state index is 0.0285. The van der Waals surface area contributed by atoms with Crippen LogP contribution in [-0.4, -0.2) is 55.3 Å². The lowest BCUT2D eigenvalue weighted by atomic mass is 10.1. The summed E-state index contributed by atoms with van der Waals surface area (Å²) >= 11 is 7.72. The molecule has 0 radical (unpaired) electrons. The Kier molecular flexibility index (Phi) is 6.41. The molecule has 0 bridgehead atoms. The minimum Gasteiger partial charge on any atom is -0.324 e. The SMILES string of the molecule is CCN(C)C[C@H]1CCN(C(=O)Nc2cccc(Cl)c2SC)C1.